The van der Waals surface area contributed by atoms with Gasteiger partial charge in [-0.3, -0.25) is 4.79 Å². The van der Waals surface area contributed by atoms with E-state index in [1.54, 1.807) is 48.5 Å². The minimum absolute atomic E-state index is 0.0130. The van der Waals surface area contributed by atoms with Crippen molar-refractivity contribution in [3.63, 3.8) is 0 Å². The Bertz CT molecular complexity index is 1210. The van der Waals surface area contributed by atoms with Gasteiger partial charge in [0.15, 0.2) is 6.61 Å². The van der Waals surface area contributed by atoms with Crippen LogP contribution in [-0.4, -0.2) is 27.5 Å². The summed E-state index contributed by atoms with van der Waals surface area (Å²) in [6, 6.07) is 20.2. The van der Waals surface area contributed by atoms with Crippen LogP contribution in [0.4, 0.5) is 5.69 Å². The molecule has 0 aromatic heterocycles. The minimum Gasteiger partial charge on any atom is -0.494 e. The number of nitrogens with zero attached hydrogens (tertiary/aromatic N) is 1. The van der Waals surface area contributed by atoms with Crippen LogP contribution in [0.15, 0.2) is 77.7 Å². The lowest BCUT2D eigenvalue weighted by molar-refractivity contribution is -0.119. The van der Waals surface area contributed by atoms with E-state index < -0.39 is 22.5 Å². The van der Waals surface area contributed by atoms with E-state index in [0.717, 1.165) is 15.4 Å². The average molecular weight is 482 g/mol. The number of sulfonamides is 1. The molecular formula is C27H31NO5S. The van der Waals surface area contributed by atoms with Gasteiger partial charge >= 0.3 is 0 Å². The summed E-state index contributed by atoms with van der Waals surface area (Å²) < 4.78 is 38.9. The third-order valence-electron chi connectivity index (χ3n) is 5.25. The molecule has 0 fully saturated rings. The van der Waals surface area contributed by atoms with Gasteiger partial charge < -0.3 is 9.47 Å². The summed E-state index contributed by atoms with van der Waals surface area (Å²) >= 11 is 0. The van der Waals surface area contributed by atoms with Gasteiger partial charge in [0.2, 0.25) is 0 Å². The van der Waals surface area contributed by atoms with Crippen molar-refractivity contribution in [2.75, 3.05) is 17.5 Å². The highest BCUT2D eigenvalue weighted by molar-refractivity contribution is 7.93. The molecule has 3 aromatic rings. The number of aryl methyl sites for hydroxylation is 1. The first-order valence-corrected chi connectivity index (χ1v) is 12.6. The number of hydrogen-bond donors (Lipinski definition) is 0. The highest BCUT2D eigenvalue weighted by Gasteiger charge is 2.31. The molecule has 0 N–H and O–H groups in total. The van der Waals surface area contributed by atoms with Crippen molar-refractivity contribution < 1.29 is 22.7 Å². The summed E-state index contributed by atoms with van der Waals surface area (Å²) in [6.45, 7) is 10.1. The summed E-state index contributed by atoms with van der Waals surface area (Å²) in [6.07, 6.45) is 0. The molecule has 0 bridgehead atoms. The molecule has 0 saturated carbocycles. The first-order valence-electron chi connectivity index (χ1n) is 11.1. The third kappa shape index (κ3) is 5.97. The third-order valence-corrected chi connectivity index (χ3v) is 7.01. The second-order valence-electron chi connectivity index (χ2n) is 8.97. The van der Waals surface area contributed by atoms with Crippen molar-refractivity contribution in [2.24, 2.45) is 0 Å². The smallest absolute Gasteiger partial charge is 0.278 e. The highest BCUT2D eigenvalue weighted by Crippen LogP contribution is 2.28. The molecule has 0 radical (unpaired) electrons. The van der Waals surface area contributed by atoms with Crippen molar-refractivity contribution in [1.29, 1.82) is 0 Å². The lowest BCUT2D eigenvalue weighted by Gasteiger charge is -2.23. The van der Waals surface area contributed by atoms with Crippen molar-refractivity contribution in [1.82, 2.24) is 0 Å². The van der Waals surface area contributed by atoms with Gasteiger partial charge in [0.1, 0.15) is 11.5 Å². The van der Waals surface area contributed by atoms with Crippen LogP contribution in [0, 0.1) is 6.92 Å². The van der Waals surface area contributed by atoms with Gasteiger partial charge in [0.25, 0.3) is 15.9 Å². The molecule has 0 unspecified atom stereocenters. The monoisotopic (exact) mass is 481 g/mol. The molecule has 0 aliphatic carbocycles. The number of hydrogen-bond acceptors (Lipinski definition) is 5. The Morgan fingerprint density at radius 1 is 0.824 bits per heavy atom. The fraction of sp³-hybridized carbons (Fsp3) is 0.296. The molecule has 34 heavy (non-hydrogen) atoms. The van der Waals surface area contributed by atoms with E-state index in [9.17, 15) is 13.2 Å². The van der Waals surface area contributed by atoms with Crippen molar-refractivity contribution >= 4 is 21.6 Å². The minimum atomic E-state index is -4.16. The summed E-state index contributed by atoms with van der Waals surface area (Å²) in [7, 11) is -4.16. The number of ether oxygens (including phenoxy) is 2. The van der Waals surface area contributed by atoms with Gasteiger partial charge in [-0.15, -0.1) is 0 Å². The van der Waals surface area contributed by atoms with Crippen molar-refractivity contribution in [3.8, 4) is 11.5 Å². The molecule has 0 spiro atoms. The Morgan fingerprint density at radius 2 is 1.35 bits per heavy atom. The quantitative estimate of drug-likeness (QED) is 0.425. The molecule has 0 aliphatic heterocycles. The lowest BCUT2D eigenvalue weighted by atomic mass is 9.87. The van der Waals surface area contributed by atoms with Crippen LogP contribution in [0.3, 0.4) is 0 Å². The fourth-order valence-corrected chi connectivity index (χ4v) is 4.74. The fourth-order valence-electron chi connectivity index (χ4n) is 3.33. The van der Waals surface area contributed by atoms with E-state index >= 15 is 0 Å². The Balaban J connectivity index is 1.89. The zero-order valence-electron chi connectivity index (χ0n) is 20.2. The van der Waals surface area contributed by atoms with Crippen LogP contribution < -0.4 is 13.8 Å². The Kier molecular flexibility index (Phi) is 7.67. The van der Waals surface area contributed by atoms with E-state index in [4.69, 9.17) is 9.47 Å². The van der Waals surface area contributed by atoms with Crippen LogP contribution in [0.5, 0.6) is 11.5 Å². The molecule has 0 atom stereocenters. The molecule has 6 nitrogen and oxygen atoms in total. The predicted octanol–water partition coefficient (Wildman–Crippen LogP) is 5.49. The Morgan fingerprint density at radius 3 is 1.88 bits per heavy atom. The maximum absolute atomic E-state index is 13.5. The van der Waals surface area contributed by atoms with Crippen molar-refractivity contribution in [2.45, 2.75) is 44.9 Å². The molecule has 1 amide bonds. The second kappa shape index (κ2) is 10.3. The van der Waals surface area contributed by atoms with Gasteiger partial charge in [0.05, 0.1) is 17.2 Å². The molecule has 3 rings (SSSR count). The number of anilines is 1. The summed E-state index contributed by atoms with van der Waals surface area (Å²) in [5.74, 6) is 0.368. The number of benzene rings is 3. The van der Waals surface area contributed by atoms with E-state index in [2.05, 4.69) is 20.8 Å². The van der Waals surface area contributed by atoms with Crippen LogP contribution in [-0.2, 0) is 20.2 Å². The first kappa shape index (κ1) is 25.3. The number of rotatable bonds is 8. The molecule has 0 heterocycles. The summed E-state index contributed by atoms with van der Waals surface area (Å²) in [4.78, 5) is 13.3. The SMILES string of the molecule is CCOc1ccc(N(C(=O)COc2ccc(C(C)(C)C)cc2)S(=O)(=O)c2ccc(C)cc2)cc1. The second-order valence-corrected chi connectivity index (χ2v) is 10.8. The summed E-state index contributed by atoms with van der Waals surface area (Å²) in [5.41, 5.74) is 2.24. The maximum atomic E-state index is 13.5. The van der Waals surface area contributed by atoms with E-state index in [1.807, 2.05) is 26.0 Å². The zero-order chi connectivity index (χ0) is 24.9. The predicted molar refractivity (Wildman–Crippen MR) is 134 cm³/mol. The summed E-state index contributed by atoms with van der Waals surface area (Å²) in [5, 5.41) is 0. The van der Waals surface area contributed by atoms with Gasteiger partial charge in [0, 0.05) is 0 Å². The van der Waals surface area contributed by atoms with Gasteiger partial charge in [-0.25, -0.2) is 8.42 Å². The van der Waals surface area contributed by atoms with Gasteiger partial charge in [-0.1, -0.05) is 50.6 Å². The van der Waals surface area contributed by atoms with E-state index in [-0.39, 0.29) is 16.0 Å². The van der Waals surface area contributed by atoms with Crippen LogP contribution in [0.2, 0.25) is 0 Å². The topological polar surface area (TPSA) is 72.9 Å². The van der Waals surface area contributed by atoms with Crippen molar-refractivity contribution in [3.05, 3.63) is 83.9 Å². The normalized spacial score (nSPS) is 11.7. The van der Waals surface area contributed by atoms with Crippen LogP contribution >= 0.6 is 0 Å². The largest absolute Gasteiger partial charge is 0.494 e. The molecule has 7 heteroatoms. The average Bonchev–Trinajstić information content (AvgIpc) is 2.79. The standard InChI is InChI=1S/C27H31NO5S/c1-6-32-23-15-11-22(12-16-23)28(34(30,31)25-17-7-20(2)8-18-25)26(29)19-33-24-13-9-21(10-14-24)27(3,4)5/h7-18H,6,19H2,1-5H3. The molecule has 180 valence electrons. The van der Waals surface area contributed by atoms with Gasteiger partial charge in [-0.2, -0.15) is 4.31 Å². The highest BCUT2D eigenvalue weighted by atomic mass is 32.2. The Labute approximate surface area is 202 Å². The van der Waals surface area contributed by atoms with Gasteiger partial charge in [-0.05, 0) is 73.4 Å². The molecule has 0 aliphatic rings. The first-order chi connectivity index (χ1) is 16.0. The lowest BCUT2D eigenvalue weighted by Crippen LogP contribution is -2.40. The molecule has 0 saturated heterocycles. The number of carbonyl (C=O) groups is 1. The maximum Gasteiger partial charge on any atom is 0.278 e. The van der Waals surface area contributed by atoms with E-state index in [0.29, 0.717) is 18.1 Å². The van der Waals surface area contributed by atoms with E-state index in [1.165, 1.54) is 12.1 Å². The Hall–Kier alpha value is -3.32. The van der Waals surface area contributed by atoms with Crippen LogP contribution in [0.1, 0.15) is 38.8 Å². The van der Waals surface area contributed by atoms with Crippen LogP contribution in [0.25, 0.3) is 0 Å². The number of amides is 1. The number of carbonyl (C=O) groups excluding carboxylic acids is 1. The zero-order valence-corrected chi connectivity index (χ0v) is 21.1. The molecule has 3 aromatic carbocycles. The molecular weight excluding hydrogens is 450 g/mol.